The fourth-order valence-electron chi connectivity index (χ4n) is 2.56. The lowest BCUT2D eigenvalue weighted by molar-refractivity contribution is -0.125. The highest BCUT2D eigenvalue weighted by atomic mass is 16.5. The Morgan fingerprint density at radius 3 is 2.68 bits per heavy atom. The van der Waals surface area contributed by atoms with Crippen molar-refractivity contribution >= 4 is 5.91 Å². The van der Waals surface area contributed by atoms with Crippen LogP contribution in [0.15, 0.2) is 0 Å². The van der Waals surface area contributed by atoms with Gasteiger partial charge in [-0.05, 0) is 20.0 Å². The Morgan fingerprint density at radius 1 is 1.32 bits per heavy atom. The molecule has 2 aliphatic rings. The van der Waals surface area contributed by atoms with Gasteiger partial charge >= 0.3 is 0 Å². The molecular formula is C13H26N4O2. The third-order valence-corrected chi connectivity index (χ3v) is 4.01. The van der Waals surface area contributed by atoms with E-state index in [2.05, 4.69) is 22.2 Å². The summed E-state index contributed by atoms with van der Waals surface area (Å²) in [5, 5.41) is 2.97. The maximum absolute atomic E-state index is 11.9. The number of nitrogens with zero attached hydrogens (tertiary/aromatic N) is 2. The van der Waals surface area contributed by atoms with Gasteiger partial charge in [-0.3, -0.25) is 4.79 Å². The molecule has 0 aromatic carbocycles. The molecule has 110 valence electrons. The third kappa shape index (κ3) is 4.42. The first-order valence-electron chi connectivity index (χ1n) is 7.19. The summed E-state index contributed by atoms with van der Waals surface area (Å²) in [4.78, 5) is 16.7. The molecular weight excluding hydrogens is 244 g/mol. The van der Waals surface area contributed by atoms with E-state index < -0.39 is 0 Å². The number of nitrogens with two attached hydrogens (primary N) is 1. The van der Waals surface area contributed by atoms with Crippen LogP contribution < -0.4 is 11.1 Å². The SMILES string of the molecule is CN1CCN(CCCNC(=O)C2COCC2N)CC1. The van der Waals surface area contributed by atoms with Gasteiger partial charge in [-0.25, -0.2) is 0 Å². The first-order valence-corrected chi connectivity index (χ1v) is 7.19. The zero-order valence-electron chi connectivity index (χ0n) is 11.8. The minimum atomic E-state index is -0.163. The van der Waals surface area contributed by atoms with Crippen LogP contribution in [0.1, 0.15) is 6.42 Å². The molecule has 19 heavy (non-hydrogen) atoms. The van der Waals surface area contributed by atoms with E-state index in [0.717, 1.165) is 45.7 Å². The number of amides is 1. The van der Waals surface area contributed by atoms with Gasteiger partial charge in [0.25, 0.3) is 0 Å². The fourth-order valence-corrected chi connectivity index (χ4v) is 2.56. The summed E-state index contributed by atoms with van der Waals surface area (Å²) in [5.41, 5.74) is 5.82. The predicted molar refractivity (Wildman–Crippen MR) is 73.8 cm³/mol. The molecule has 0 radical (unpaired) electrons. The molecule has 2 aliphatic heterocycles. The molecule has 2 fully saturated rings. The zero-order valence-corrected chi connectivity index (χ0v) is 11.8. The van der Waals surface area contributed by atoms with Crippen LogP contribution in [0.25, 0.3) is 0 Å². The maximum Gasteiger partial charge on any atom is 0.227 e. The fraction of sp³-hybridized carbons (Fsp3) is 0.923. The summed E-state index contributed by atoms with van der Waals surface area (Å²) in [6.45, 7) is 7.29. The molecule has 2 heterocycles. The number of carbonyl (C=O) groups excluding carboxylic acids is 1. The molecule has 3 N–H and O–H groups in total. The monoisotopic (exact) mass is 270 g/mol. The summed E-state index contributed by atoms with van der Waals surface area (Å²) < 4.78 is 5.20. The van der Waals surface area contributed by atoms with E-state index in [1.807, 2.05) is 0 Å². The molecule has 0 aromatic heterocycles. The van der Waals surface area contributed by atoms with Crippen molar-refractivity contribution in [3.05, 3.63) is 0 Å². The molecule has 1 amide bonds. The van der Waals surface area contributed by atoms with Crippen LogP contribution in [-0.2, 0) is 9.53 Å². The van der Waals surface area contributed by atoms with Gasteiger partial charge in [0.2, 0.25) is 5.91 Å². The molecule has 0 spiro atoms. The second kappa shape index (κ2) is 7.19. The Balaban J connectivity index is 1.55. The number of hydrogen-bond donors (Lipinski definition) is 2. The minimum absolute atomic E-state index is 0.0448. The topological polar surface area (TPSA) is 70.8 Å². The molecule has 0 aromatic rings. The Morgan fingerprint density at radius 2 is 2.05 bits per heavy atom. The highest BCUT2D eigenvalue weighted by Gasteiger charge is 2.30. The molecule has 0 aliphatic carbocycles. The van der Waals surface area contributed by atoms with Crippen LogP contribution in [0.2, 0.25) is 0 Å². The van der Waals surface area contributed by atoms with Crippen LogP contribution in [0.4, 0.5) is 0 Å². The van der Waals surface area contributed by atoms with Gasteiger partial charge in [0.05, 0.1) is 19.1 Å². The van der Waals surface area contributed by atoms with E-state index in [1.54, 1.807) is 0 Å². The number of likely N-dealkylation sites (N-methyl/N-ethyl adjacent to an activating group) is 1. The van der Waals surface area contributed by atoms with Crippen molar-refractivity contribution in [1.29, 1.82) is 0 Å². The number of ether oxygens (including phenoxy) is 1. The van der Waals surface area contributed by atoms with Crippen LogP contribution in [0.3, 0.4) is 0 Å². The molecule has 2 atom stereocenters. The highest BCUT2D eigenvalue weighted by molar-refractivity contribution is 5.79. The van der Waals surface area contributed by atoms with Gasteiger partial charge in [0.15, 0.2) is 0 Å². The van der Waals surface area contributed by atoms with Crippen LogP contribution >= 0.6 is 0 Å². The largest absolute Gasteiger partial charge is 0.379 e. The maximum atomic E-state index is 11.9. The lowest BCUT2D eigenvalue weighted by atomic mass is 10.0. The molecule has 0 bridgehead atoms. The lowest BCUT2D eigenvalue weighted by Crippen LogP contribution is -2.45. The van der Waals surface area contributed by atoms with E-state index in [0.29, 0.717) is 13.2 Å². The average molecular weight is 270 g/mol. The Hall–Kier alpha value is -0.690. The van der Waals surface area contributed by atoms with Crippen molar-refractivity contribution in [1.82, 2.24) is 15.1 Å². The number of rotatable bonds is 5. The Labute approximate surface area is 115 Å². The first-order chi connectivity index (χ1) is 9.16. The van der Waals surface area contributed by atoms with E-state index >= 15 is 0 Å². The smallest absolute Gasteiger partial charge is 0.227 e. The second-order valence-electron chi connectivity index (χ2n) is 5.60. The van der Waals surface area contributed by atoms with Gasteiger partial charge in [-0.15, -0.1) is 0 Å². The number of hydrogen-bond acceptors (Lipinski definition) is 5. The van der Waals surface area contributed by atoms with Crippen LogP contribution in [0.5, 0.6) is 0 Å². The number of nitrogens with one attached hydrogen (secondary N) is 1. The van der Waals surface area contributed by atoms with Crippen LogP contribution in [-0.4, -0.2) is 81.3 Å². The van der Waals surface area contributed by atoms with Crippen molar-refractivity contribution in [2.75, 3.05) is 59.5 Å². The summed E-state index contributed by atoms with van der Waals surface area (Å²) in [6.07, 6.45) is 0.998. The molecule has 6 nitrogen and oxygen atoms in total. The summed E-state index contributed by atoms with van der Waals surface area (Å²) in [7, 11) is 2.16. The van der Waals surface area contributed by atoms with E-state index in [-0.39, 0.29) is 17.9 Å². The van der Waals surface area contributed by atoms with E-state index in [9.17, 15) is 4.79 Å². The summed E-state index contributed by atoms with van der Waals surface area (Å²) in [5.74, 6) is -0.119. The second-order valence-corrected chi connectivity index (χ2v) is 5.60. The van der Waals surface area contributed by atoms with E-state index in [4.69, 9.17) is 10.5 Å². The quantitative estimate of drug-likeness (QED) is 0.609. The van der Waals surface area contributed by atoms with Gasteiger partial charge in [0.1, 0.15) is 0 Å². The third-order valence-electron chi connectivity index (χ3n) is 4.01. The summed E-state index contributed by atoms with van der Waals surface area (Å²) >= 11 is 0. The van der Waals surface area contributed by atoms with Crippen molar-refractivity contribution in [3.63, 3.8) is 0 Å². The molecule has 2 saturated heterocycles. The van der Waals surface area contributed by atoms with Crippen molar-refractivity contribution in [3.8, 4) is 0 Å². The van der Waals surface area contributed by atoms with Gasteiger partial charge < -0.3 is 25.6 Å². The van der Waals surface area contributed by atoms with Gasteiger partial charge in [-0.2, -0.15) is 0 Å². The van der Waals surface area contributed by atoms with Crippen molar-refractivity contribution < 1.29 is 9.53 Å². The molecule has 2 unspecified atom stereocenters. The highest BCUT2D eigenvalue weighted by Crippen LogP contribution is 2.11. The summed E-state index contributed by atoms with van der Waals surface area (Å²) in [6, 6.07) is -0.141. The van der Waals surface area contributed by atoms with Crippen molar-refractivity contribution in [2.45, 2.75) is 12.5 Å². The van der Waals surface area contributed by atoms with Crippen LogP contribution in [0, 0.1) is 5.92 Å². The van der Waals surface area contributed by atoms with Crippen molar-refractivity contribution in [2.24, 2.45) is 11.7 Å². The van der Waals surface area contributed by atoms with Gasteiger partial charge in [0, 0.05) is 38.8 Å². The number of carbonyl (C=O) groups is 1. The normalized spacial score (nSPS) is 29.6. The Bertz CT molecular complexity index is 292. The van der Waals surface area contributed by atoms with E-state index in [1.165, 1.54) is 0 Å². The first kappa shape index (κ1) is 14.7. The molecule has 0 saturated carbocycles. The standard InChI is InChI=1S/C13H26N4O2/c1-16-5-7-17(8-6-16)4-2-3-15-13(18)11-9-19-10-12(11)14/h11-12H,2-10,14H2,1H3,(H,15,18). The average Bonchev–Trinajstić information content (AvgIpc) is 2.83. The Kier molecular flexibility index (Phi) is 5.57. The molecule has 2 rings (SSSR count). The predicted octanol–water partition coefficient (Wildman–Crippen LogP) is -1.29. The molecule has 6 heteroatoms. The number of piperazine rings is 1. The lowest BCUT2D eigenvalue weighted by Gasteiger charge is -2.32. The zero-order chi connectivity index (χ0) is 13.7. The van der Waals surface area contributed by atoms with Gasteiger partial charge in [-0.1, -0.05) is 0 Å². The minimum Gasteiger partial charge on any atom is -0.379 e.